The molecular weight excluding hydrogens is 176 g/mol. The Labute approximate surface area is 83.2 Å². The van der Waals surface area contributed by atoms with Gasteiger partial charge >= 0.3 is 0 Å². The highest BCUT2D eigenvalue weighted by Crippen LogP contribution is 2.22. The number of aliphatic hydroxyl groups is 1. The molecule has 3 heteroatoms. The molecular formula is C11H12N2O. The summed E-state index contributed by atoms with van der Waals surface area (Å²) in [6, 6.07) is 7.93. The lowest BCUT2D eigenvalue weighted by atomic mass is 10.1. The zero-order valence-corrected chi connectivity index (χ0v) is 7.90. The van der Waals surface area contributed by atoms with E-state index in [0.717, 1.165) is 18.7 Å². The Morgan fingerprint density at radius 2 is 2.14 bits per heavy atom. The highest BCUT2D eigenvalue weighted by Gasteiger charge is 2.17. The van der Waals surface area contributed by atoms with Gasteiger partial charge in [0.1, 0.15) is 0 Å². The van der Waals surface area contributed by atoms with E-state index in [-0.39, 0.29) is 6.61 Å². The Balaban J connectivity index is 2.19. The summed E-state index contributed by atoms with van der Waals surface area (Å²) in [5.41, 5.74) is 3.21. The fourth-order valence-corrected chi connectivity index (χ4v) is 1.83. The summed E-state index contributed by atoms with van der Waals surface area (Å²) in [4.78, 5) is 2.17. The molecule has 1 N–H and O–H groups in total. The fraction of sp³-hybridized carbons (Fsp3) is 0.364. The maximum atomic E-state index is 8.81. The van der Waals surface area contributed by atoms with Crippen LogP contribution in [0.4, 0.5) is 0 Å². The van der Waals surface area contributed by atoms with E-state index in [0.29, 0.717) is 6.54 Å². The maximum absolute atomic E-state index is 8.81. The molecule has 0 unspecified atom stereocenters. The van der Waals surface area contributed by atoms with Crippen molar-refractivity contribution in [3.63, 3.8) is 0 Å². The van der Waals surface area contributed by atoms with Gasteiger partial charge in [-0.25, -0.2) is 0 Å². The molecule has 0 amide bonds. The van der Waals surface area contributed by atoms with E-state index in [4.69, 9.17) is 10.4 Å². The minimum absolute atomic E-state index is 0.194. The van der Waals surface area contributed by atoms with Gasteiger partial charge in [-0.15, -0.1) is 0 Å². The molecule has 0 radical (unpaired) electrons. The second kappa shape index (κ2) is 3.79. The van der Waals surface area contributed by atoms with Crippen LogP contribution in [0.15, 0.2) is 18.2 Å². The van der Waals surface area contributed by atoms with Crippen molar-refractivity contribution in [2.45, 2.75) is 13.1 Å². The molecule has 1 aromatic carbocycles. The summed E-state index contributed by atoms with van der Waals surface area (Å²) >= 11 is 0. The van der Waals surface area contributed by atoms with Crippen LogP contribution < -0.4 is 0 Å². The predicted molar refractivity (Wildman–Crippen MR) is 52.4 cm³/mol. The minimum Gasteiger partial charge on any atom is -0.395 e. The van der Waals surface area contributed by atoms with E-state index in [1.165, 1.54) is 11.1 Å². The molecule has 0 bridgehead atoms. The Morgan fingerprint density at radius 3 is 2.86 bits per heavy atom. The summed E-state index contributed by atoms with van der Waals surface area (Å²) < 4.78 is 0. The van der Waals surface area contributed by atoms with Crippen molar-refractivity contribution in [1.29, 1.82) is 5.26 Å². The van der Waals surface area contributed by atoms with Gasteiger partial charge in [0.05, 0.1) is 18.2 Å². The highest BCUT2D eigenvalue weighted by atomic mass is 16.3. The number of hydrogen-bond donors (Lipinski definition) is 1. The van der Waals surface area contributed by atoms with Gasteiger partial charge in [-0.05, 0) is 23.3 Å². The van der Waals surface area contributed by atoms with Crippen molar-refractivity contribution < 1.29 is 5.11 Å². The van der Waals surface area contributed by atoms with Crippen LogP contribution in [0.3, 0.4) is 0 Å². The molecule has 0 spiro atoms. The van der Waals surface area contributed by atoms with Crippen LogP contribution in [0.1, 0.15) is 16.7 Å². The summed E-state index contributed by atoms with van der Waals surface area (Å²) in [6.07, 6.45) is 0. The van der Waals surface area contributed by atoms with Gasteiger partial charge in [0.2, 0.25) is 0 Å². The van der Waals surface area contributed by atoms with E-state index in [1.807, 2.05) is 18.2 Å². The van der Waals surface area contributed by atoms with E-state index in [1.54, 1.807) is 0 Å². The zero-order valence-electron chi connectivity index (χ0n) is 7.90. The first-order chi connectivity index (χ1) is 6.83. The quantitative estimate of drug-likeness (QED) is 0.749. The molecule has 1 aliphatic rings. The molecule has 1 heterocycles. The third-order valence-electron chi connectivity index (χ3n) is 2.54. The number of benzene rings is 1. The molecule has 3 nitrogen and oxygen atoms in total. The lowest BCUT2D eigenvalue weighted by molar-refractivity contribution is 0.198. The summed E-state index contributed by atoms with van der Waals surface area (Å²) in [7, 11) is 0. The topological polar surface area (TPSA) is 47.3 Å². The van der Waals surface area contributed by atoms with Crippen LogP contribution >= 0.6 is 0 Å². The summed E-state index contributed by atoms with van der Waals surface area (Å²) in [5.74, 6) is 0. The van der Waals surface area contributed by atoms with Gasteiger partial charge in [-0.1, -0.05) is 6.07 Å². The molecule has 72 valence electrons. The van der Waals surface area contributed by atoms with Crippen molar-refractivity contribution >= 4 is 0 Å². The average molecular weight is 188 g/mol. The van der Waals surface area contributed by atoms with Gasteiger partial charge in [0.15, 0.2) is 0 Å². The van der Waals surface area contributed by atoms with Crippen LogP contribution in [0.2, 0.25) is 0 Å². The first kappa shape index (κ1) is 9.20. The number of fused-ring (bicyclic) bond motifs is 1. The van der Waals surface area contributed by atoms with E-state index in [9.17, 15) is 0 Å². The molecule has 0 saturated carbocycles. The maximum Gasteiger partial charge on any atom is 0.0991 e. The standard InChI is InChI=1S/C11H12N2O/c12-6-9-1-2-10-7-13(3-4-14)8-11(10)5-9/h1-2,5,14H,3-4,7-8H2. The predicted octanol–water partition coefficient (Wildman–Crippen LogP) is 0.866. The lowest BCUT2D eigenvalue weighted by Crippen LogP contribution is -2.20. The van der Waals surface area contributed by atoms with Crippen LogP contribution in [0, 0.1) is 11.3 Å². The summed E-state index contributed by atoms with van der Waals surface area (Å²) in [6.45, 7) is 2.64. The third-order valence-corrected chi connectivity index (χ3v) is 2.54. The molecule has 0 aromatic heterocycles. The third kappa shape index (κ3) is 1.63. The van der Waals surface area contributed by atoms with E-state index in [2.05, 4.69) is 11.0 Å². The molecule has 0 fully saturated rings. The van der Waals surface area contributed by atoms with Crippen molar-refractivity contribution in [2.75, 3.05) is 13.2 Å². The molecule has 0 saturated heterocycles. The Bertz CT molecular complexity index is 381. The van der Waals surface area contributed by atoms with Gasteiger partial charge in [0, 0.05) is 19.6 Å². The number of nitrogens with zero attached hydrogens (tertiary/aromatic N) is 2. The smallest absolute Gasteiger partial charge is 0.0991 e. The van der Waals surface area contributed by atoms with Gasteiger partial charge in [-0.3, -0.25) is 4.90 Å². The van der Waals surface area contributed by atoms with Gasteiger partial charge in [-0.2, -0.15) is 5.26 Å². The number of hydrogen-bond acceptors (Lipinski definition) is 3. The van der Waals surface area contributed by atoms with Crippen LogP contribution in [0.5, 0.6) is 0 Å². The number of β-amino-alcohol motifs (C(OH)–C–C–N with tert-alkyl or cyclic N) is 1. The lowest BCUT2D eigenvalue weighted by Gasteiger charge is -2.11. The largest absolute Gasteiger partial charge is 0.395 e. The number of aliphatic hydroxyl groups excluding tert-OH is 1. The van der Waals surface area contributed by atoms with Crippen molar-refractivity contribution in [3.8, 4) is 6.07 Å². The Morgan fingerprint density at radius 1 is 1.36 bits per heavy atom. The van der Waals surface area contributed by atoms with Crippen LogP contribution in [-0.2, 0) is 13.1 Å². The zero-order chi connectivity index (χ0) is 9.97. The first-order valence-corrected chi connectivity index (χ1v) is 4.68. The van der Waals surface area contributed by atoms with Crippen molar-refractivity contribution in [2.24, 2.45) is 0 Å². The van der Waals surface area contributed by atoms with Crippen molar-refractivity contribution in [1.82, 2.24) is 4.90 Å². The summed E-state index contributed by atoms with van der Waals surface area (Å²) in [5, 5.41) is 17.5. The average Bonchev–Trinajstić information content (AvgIpc) is 2.59. The second-order valence-corrected chi connectivity index (χ2v) is 3.53. The molecule has 0 aliphatic carbocycles. The Hall–Kier alpha value is -1.37. The van der Waals surface area contributed by atoms with Crippen molar-refractivity contribution in [3.05, 3.63) is 34.9 Å². The molecule has 1 aromatic rings. The fourth-order valence-electron chi connectivity index (χ4n) is 1.83. The number of nitriles is 1. The normalized spacial score (nSPS) is 15.1. The second-order valence-electron chi connectivity index (χ2n) is 3.53. The van der Waals surface area contributed by atoms with Crippen LogP contribution in [0.25, 0.3) is 0 Å². The van der Waals surface area contributed by atoms with Crippen LogP contribution in [-0.4, -0.2) is 23.2 Å². The molecule has 2 rings (SSSR count). The minimum atomic E-state index is 0.194. The first-order valence-electron chi connectivity index (χ1n) is 4.68. The van der Waals surface area contributed by atoms with Gasteiger partial charge in [0.25, 0.3) is 0 Å². The van der Waals surface area contributed by atoms with Gasteiger partial charge < -0.3 is 5.11 Å². The number of rotatable bonds is 2. The Kier molecular flexibility index (Phi) is 2.49. The monoisotopic (exact) mass is 188 g/mol. The molecule has 14 heavy (non-hydrogen) atoms. The molecule has 0 atom stereocenters. The van der Waals surface area contributed by atoms with E-state index >= 15 is 0 Å². The van der Waals surface area contributed by atoms with E-state index < -0.39 is 0 Å². The highest BCUT2D eigenvalue weighted by molar-refractivity contribution is 5.39. The SMILES string of the molecule is N#Cc1ccc2c(c1)CN(CCO)C2. The molecule has 1 aliphatic heterocycles.